The summed E-state index contributed by atoms with van der Waals surface area (Å²) in [7, 11) is 0. The van der Waals surface area contributed by atoms with Crippen LogP contribution >= 0.6 is 0 Å². The van der Waals surface area contributed by atoms with E-state index >= 15 is 0 Å². The van der Waals surface area contributed by atoms with E-state index in [9.17, 15) is 14.4 Å². The van der Waals surface area contributed by atoms with Crippen LogP contribution in [0.4, 0.5) is 0 Å². The molecule has 112 valence electrons. The second-order valence-electron chi connectivity index (χ2n) is 4.07. The Kier molecular flexibility index (Phi) is 6.62. The predicted octanol–water partition coefficient (Wildman–Crippen LogP) is 0.0161. The number of hydrogen-bond acceptors (Lipinski definition) is 4. The standard InChI is InChI=1S/C14H16N2O5/c15-12(17)9-21-8-7-16-14(20)11-4-1-10(2-5-11)3-6-13(18)19/h1-6H,7-9H2,(H2,15,17)(H,16,20)(H,18,19)/b6-3+. The smallest absolute Gasteiger partial charge is 0.328 e. The number of aliphatic carboxylic acids is 1. The summed E-state index contributed by atoms with van der Waals surface area (Å²) in [5.41, 5.74) is 6.01. The van der Waals surface area contributed by atoms with Gasteiger partial charge in [-0.3, -0.25) is 9.59 Å². The lowest BCUT2D eigenvalue weighted by Crippen LogP contribution is -2.28. The van der Waals surface area contributed by atoms with Gasteiger partial charge in [0.05, 0.1) is 6.61 Å². The summed E-state index contributed by atoms with van der Waals surface area (Å²) in [5.74, 6) is -1.88. The van der Waals surface area contributed by atoms with Crippen LogP contribution in [0.2, 0.25) is 0 Å². The number of amides is 2. The molecule has 0 aliphatic rings. The first-order valence-electron chi connectivity index (χ1n) is 6.14. The molecule has 0 aromatic heterocycles. The molecule has 0 bridgehead atoms. The van der Waals surface area contributed by atoms with Gasteiger partial charge in [-0.1, -0.05) is 12.1 Å². The number of nitrogens with one attached hydrogen (secondary N) is 1. The fourth-order valence-corrected chi connectivity index (χ4v) is 1.42. The van der Waals surface area contributed by atoms with E-state index in [-0.39, 0.29) is 25.7 Å². The lowest BCUT2D eigenvalue weighted by Gasteiger charge is -2.05. The number of rotatable bonds is 8. The lowest BCUT2D eigenvalue weighted by molar-refractivity contribution is -0.131. The third-order valence-corrected chi connectivity index (χ3v) is 2.37. The fraction of sp³-hybridized carbons (Fsp3) is 0.214. The van der Waals surface area contributed by atoms with Crippen LogP contribution in [0.25, 0.3) is 6.08 Å². The van der Waals surface area contributed by atoms with Crippen molar-refractivity contribution >= 4 is 23.9 Å². The minimum atomic E-state index is -1.03. The van der Waals surface area contributed by atoms with Crippen LogP contribution in [0.3, 0.4) is 0 Å². The van der Waals surface area contributed by atoms with Crippen molar-refractivity contribution in [2.24, 2.45) is 5.73 Å². The molecule has 0 radical (unpaired) electrons. The predicted molar refractivity (Wildman–Crippen MR) is 75.5 cm³/mol. The largest absolute Gasteiger partial charge is 0.478 e. The Morgan fingerprint density at radius 3 is 2.48 bits per heavy atom. The van der Waals surface area contributed by atoms with Crippen molar-refractivity contribution in [1.29, 1.82) is 0 Å². The zero-order valence-electron chi connectivity index (χ0n) is 11.2. The van der Waals surface area contributed by atoms with E-state index < -0.39 is 11.9 Å². The van der Waals surface area contributed by atoms with Crippen LogP contribution in [0.1, 0.15) is 15.9 Å². The molecule has 0 aliphatic heterocycles. The monoisotopic (exact) mass is 292 g/mol. The van der Waals surface area contributed by atoms with Crippen LogP contribution < -0.4 is 11.1 Å². The summed E-state index contributed by atoms with van der Waals surface area (Å²) in [6.45, 7) is 0.265. The molecule has 1 aromatic carbocycles. The number of carbonyl (C=O) groups excluding carboxylic acids is 2. The fourth-order valence-electron chi connectivity index (χ4n) is 1.42. The average molecular weight is 292 g/mol. The molecule has 7 heteroatoms. The Balaban J connectivity index is 2.41. The number of nitrogens with two attached hydrogens (primary N) is 1. The molecule has 1 aromatic rings. The summed E-state index contributed by atoms with van der Waals surface area (Å²) < 4.78 is 4.90. The van der Waals surface area contributed by atoms with E-state index in [0.29, 0.717) is 11.1 Å². The Morgan fingerprint density at radius 2 is 1.90 bits per heavy atom. The summed E-state index contributed by atoms with van der Waals surface area (Å²) in [6, 6.07) is 6.44. The van der Waals surface area contributed by atoms with Crippen molar-refractivity contribution in [2.75, 3.05) is 19.8 Å². The maximum Gasteiger partial charge on any atom is 0.328 e. The molecule has 4 N–H and O–H groups in total. The highest BCUT2D eigenvalue weighted by Crippen LogP contribution is 2.06. The summed E-state index contributed by atoms with van der Waals surface area (Å²) >= 11 is 0. The first-order valence-corrected chi connectivity index (χ1v) is 6.14. The van der Waals surface area contributed by atoms with Gasteiger partial charge in [-0.15, -0.1) is 0 Å². The molecule has 0 heterocycles. The van der Waals surface area contributed by atoms with Gasteiger partial charge in [-0.25, -0.2) is 4.79 Å². The van der Waals surface area contributed by atoms with Crippen LogP contribution in [0, 0.1) is 0 Å². The average Bonchev–Trinajstić information content (AvgIpc) is 2.44. The van der Waals surface area contributed by atoms with Gasteiger partial charge >= 0.3 is 5.97 Å². The van der Waals surface area contributed by atoms with Crippen molar-refractivity contribution in [2.45, 2.75) is 0 Å². The van der Waals surface area contributed by atoms with Gasteiger partial charge in [0.15, 0.2) is 0 Å². The molecule has 0 spiro atoms. The molecule has 0 saturated carbocycles. The molecule has 1 rings (SSSR count). The Bertz CT molecular complexity index is 537. The van der Waals surface area contributed by atoms with Gasteiger partial charge in [-0.05, 0) is 23.8 Å². The number of ether oxygens (including phenoxy) is 1. The Hall–Kier alpha value is -2.67. The van der Waals surface area contributed by atoms with Gasteiger partial charge < -0.3 is 20.9 Å². The lowest BCUT2D eigenvalue weighted by atomic mass is 10.1. The number of hydrogen-bond donors (Lipinski definition) is 3. The van der Waals surface area contributed by atoms with Crippen molar-refractivity contribution in [1.82, 2.24) is 5.32 Å². The van der Waals surface area contributed by atoms with E-state index in [1.54, 1.807) is 24.3 Å². The van der Waals surface area contributed by atoms with E-state index in [1.807, 2.05) is 0 Å². The minimum absolute atomic E-state index is 0.180. The number of benzene rings is 1. The molecule has 2 amide bonds. The summed E-state index contributed by atoms with van der Waals surface area (Å²) in [4.78, 5) is 32.5. The van der Waals surface area contributed by atoms with Gasteiger partial charge in [0, 0.05) is 18.2 Å². The van der Waals surface area contributed by atoms with Gasteiger partial charge in [0.2, 0.25) is 5.91 Å². The topological polar surface area (TPSA) is 119 Å². The van der Waals surface area contributed by atoms with E-state index in [2.05, 4.69) is 5.32 Å². The molecule has 0 saturated heterocycles. The van der Waals surface area contributed by atoms with Crippen molar-refractivity contribution < 1.29 is 24.2 Å². The molecule has 0 unspecified atom stereocenters. The third-order valence-electron chi connectivity index (χ3n) is 2.37. The first kappa shape index (κ1) is 16.4. The van der Waals surface area contributed by atoms with Crippen LogP contribution in [-0.4, -0.2) is 42.6 Å². The Morgan fingerprint density at radius 1 is 1.24 bits per heavy atom. The summed E-state index contributed by atoms with van der Waals surface area (Å²) in [6.07, 6.45) is 2.45. The molecule has 21 heavy (non-hydrogen) atoms. The summed E-state index contributed by atoms with van der Waals surface area (Å²) in [5, 5.41) is 11.1. The first-order chi connectivity index (χ1) is 9.99. The zero-order valence-corrected chi connectivity index (χ0v) is 11.2. The molecule has 7 nitrogen and oxygen atoms in total. The second kappa shape index (κ2) is 8.49. The number of carboxylic acids is 1. The van der Waals surface area contributed by atoms with Crippen molar-refractivity contribution in [3.8, 4) is 0 Å². The molecule has 0 atom stereocenters. The van der Waals surface area contributed by atoms with Gasteiger partial charge in [0.25, 0.3) is 5.91 Å². The van der Waals surface area contributed by atoms with Crippen molar-refractivity contribution in [3.63, 3.8) is 0 Å². The van der Waals surface area contributed by atoms with Gasteiger partial charge in [0.1, 0.15) is 6.61 Å². The van der Waals surface area contributed by atoms with E-state index in [4.69, 9.17) is 15.6 Å². The van der Waals surface area contributed by atoms with Crippen molar-refractivity contribution in [3.05, 3.63) is 41.5 Å². The normalized spacial score (nSPS) is 10.5. The third kappa shape index (κ3) is 6.88. The molecular weight excluding hydrogens is 276 g/mol. The second-order valence-corrected chi connectivity index (χ2v) is 4.07. The maximum atomic E-state index is 11.7. The molecule has 0 fully saturated rings. The SMILES string of the molecule is NC(=O)COCCNC(=O)c1ccc(/C=C/C(=O)O)cc1. The van der Waals surface area contributed by atoms with Crippen LogP contribution in [0.15, 0.2) is 30.3 Å². The Labute approximate surface area is 121 Å². The van der Waals surface area contributed by atoms with E-state index in [0.717, 1.165) is 6.08 Å². The van der Waals surface area contributed by atoms with Crippen LogP contribution in [0.5, 0.6) is 0 Å². The highest BCUT2D eigenvalue weighted by molar-refractivity contribution is 5.94. The highest BCUT2D eigenvalue weighted by atomic mass is 16.5. The molecular formula is C14H16N2O5. The van der Waals surface area contributed by atoms with E-state index in [1.165, 1.54) is 6.08 Å². The van der Waals surface area contributed by atoms with Crippen LogP contribution in [-0.2, 0) is 14.3 Å². The minimum Gasteiger partial charge on any atom is -0.478 e. The number of primary amides is 1. The maximum absolute atomic E-state index is 11.7. The number of carboxylic acid groups (broad SMARTS) is 1. The highest BCUT2D eigenvalue weighted by Gasteiger charge is 2.04. The number of carbonyl (C=O) groups is 3. The van der Waals surface area contributed by atoms with Gasteiger partial charge in [-0.2, -0.15) is 0 Å². The molecule has 0 aliphatic carbocycles. The zero-order chi connectivity index (χ0) is 15.7. The quantitative estimate of drug-likeness (QED) is 0.461.